The van der Waals surface area contributed by atoms with Crippen LogP contribution in [0.4, 0.5) is 15.8 Å². The summed E-state index contributed by atoms with van der Waals surface area (Å²) in [5.41, 5.74) is 1.10. The summed E-state index contributed by atoms with van der Waals surface area (Å²) >= 11 is 0. The topological polar surface area (TPSA) is 107 Å². The Morgan fingerprint density at radius 2 is 2.04 bits per heavy atom. The highest BCUT2D eigenvalue weighted by atomic mass is 32.2. The molecule has 10 heteroatoms. The van der Waals surface area contributed by atoms with Crippen LogP contribution in [0.15, 0.2) is 36.4 Å². The number of nitrogens with zero attached hydrogens (tertiary/aromatic N) is 2. The molecule has 3 rings (SSSR count). The highest BCUT2D eigenvalue weighted by molar-refractivity contribution is 7.92. The van der Waals surface area contributed by atoms with Crippen molar-refractivity contribution in [2.75, 3.05) is 23.7 Å². The van der Waals surface area contributed by atoms with Crippen LogP contribution >= 0.6 is 0 Å². The molecule has 0 unspecified atom stereocenters. The molecule has 0 atom stereocenters. The van der Waals surface area contributed by atoms with Gasteiger partial charge in [0.1, 0.15) is 5.82 Å². The first-order valence-corrected chi connectivity index (χ1v) is 10.2. The molecule has 8 nitrogen and oxygen atoms in total. The van der Waals surface area contributed by atoms with Crippen LogP contribution in [0.25, 0.3) is 0 Å². The second kappa shape index (κ2) is 7.55. The van der Waals surface area contributed by atoms with E-state index in [0.29, 0.717) is 25.1 Å². The minimum atomic E-state index is -3.41. The molecule has 148 valence electrons. The monoisotopic (exact) mass is 408 g/mol. The number of hydrogen-bond donors (Lipinski definition) is 0. The number of aryl methyl sites for hydroxylation is 1. The van der Waals surface area contributed by atoms with Gasteiger partial charge in [0.2, 0.25) is 10.0 Å². The lowest BCUT2D eigenvalue weighted by Crippen LogP contribution is -2.34. The quantitative estimate of drug-likeness (QED) is 0.413. The number of carbonyl (C=O) groups is 1. The van der Waals surface area contributed by atoms with E-state index in [0.717, 1.165) is 30.0 Å². The molecule has 0 saturated carbocycles. The van der Waals surface area contributed by atoms with Crippen LogP contribution in [-0.2, 0) is 16.4 Å². The number of benzene rings is 2. The summed E-state index contributed by atoms with van der Waals surface area (Å²) in [4.78, 5) is 22.7. The number of nitro benzene ring substituents is 1. The van der Waals surface area contributed by atoms with Crippen molar-refractivity contribution in [1.29, 1.82) is 0 Å². The van der Waals surface area contributed by atoms with E-state index in [2.05, 4.69) is 0 Å². The van der Waals surface area contributed by atoms with Crippen molar-refractivity contribution in [2.45, 2.75) is 12.8 Å². The fourth-order valence-electron chi connectivity index (χ4n) is 3.06. The minimum Gasteiger partial charge on any atom is -0.478 e. The normalized spacial score (nSPS) is 13.7. The molecule has 28 heavy (non-hydrogen) atoms. The van der Waals surface area contributed by atoms with Gasteiger partial charge in [0, 0.05) is 24.2 Å². The average molecular weight is 408 g/mol. The molecule has 0 radical (unpaired) electrons. The standard InChI is InChI=1S/C18H17FN2O6S/c1-28(25,26)20-8-2-3-12-9-13(4-6-15(12)20)17(22)11-27-18-10-14(19)5-7-16(18)21(23)24/h4-7,9-10H,2-3,8,11H2,1H3. The number of fused-ring (bicyclic) bond motifs is 1. The number of ketones is 1. The van der Waals surface area contributed by atoms with Crippen molar-refractivity contribution in [2.24, 2.45) is 0 Å². The third-order valence-electron chi connectivity index (χ3n) is 4.36. The Kier molecular flexibility index (Phi) is 5.32. The summed E-state index contributed by atoms with van der Waals surface area (Å²) in [6, 6.07) is 7.39. The molecule has 0 fully saturated rings. The average Bonchev–Trinajstić information content (AvgIpc) is 2.64. The van der Waals surface area contributed by atoms with Crippen molar-refractivity contribution in [3.8, 4) is 5.75 Å². The zero-order chi connectivity index (χ0) is 20.5. The van der Waals surface area contributed by atoms with Crippen LogP contribution in [-0.4, -0.2) is 38.5 Å². The molecule has 2 aromatic rings. The molecule has 0 bridgehead atoms. The maximum atomic E-state index is 13.3. The van der Waals surface area contributed by atoms with E-state index in [9.17, 15) is 27.7 Å². The Labute approximate surface area is 160 Å². The number of nitro groups is 1. The van der Waals surface area contributed by atoms with Gasteiger partial charge in [0.25, 0.3) is 0 Å². The van der Waals surface area contributed by atoms with Crippen LogP contribution in [0.1, 0.15) is 22.3 Å². The van der Waals surface area contributed by atoms with E-state index < -0.39 is 38.8 Å². The van der Waals surface area contributed by atoms with Gasteiger partial charge in [0.15, 0.2) is 18.1 Å². The molecular formula is C18H17FN2O6S. The zero-order valence-corrected chi connectivity index (χ0v) is 15.7. The van der Waals surface area contributed by atoms with Crippen molar-refractivity contribution >= 4 is 27.2 Å². The number of anilines is 1. The van der Waals surface area contributed by atoms with Crippen LogP contribution in [0.2, 0.25) is 0 Å². The van der Waals surface area contributed by atoms with Crippen molar-refractivity contribution < 1.29 is 27.3 Å². The third kappa shape index (κ3) is 4.11. The lowest BCUT2D eigenvalue weighted by molar-refractivity contribution is -0.385. The Hall–Kier alpha value is -3.01. The molecule has 0 aromatic heterocycles. The maximum Gasteiger partial charge on any atom is 0.311 e. The number of hydrogen-bond acceptors (Lipinski definition) is 6. The summed E-state index contributed by atoms with van der Waals surface area (Å²) in [6.45, 7) is -0.135. The van der Waals surface area contributed by atoms with Crippen LogP contribution < -0.4 is 9.04 Å². The third-order valence-corrected chi connectivity index (χ3v) is 5.54. The molecule has 0 N–H and O–H groups in total. The van der Waals surface area contributed by atoms with Gasteiger partial charge >= 0.3 is 5.69 Å². The van der Waals surface area contributed by atoms with Gasteiger partial charge in [-0.3, -0.25) is 19.2 Å². The molecule has 0 amide bonds. The number of carbonyl (C=O) groups excluding carboxylic acids is 1. The summed E-state index contributed by atoms with van der Waals surface area (Å²) < 4.78 is 43.6. The highest BCUT2D eigenvalue weighted by Crippen LogP contribution is 2.31. The van der Waals surface area contributed by atoms with Gasteiger partial charge in [-0.15, -0.1) is 0 Å². The first kappa shape index (κ1) is 19.7. The van der Waals surface area contributed by atoms with Crippen molar-refractivity contribution in [3.63, 3.8) is 0 Å². The van der Waals surface area contributed by atoms with Gasteiger partial charge < -0.3 is 4.74 Å². The smallest absolute Gasteiger partial charge is 0.311 e. The van der Waals surface area contributed by atoms with Gasteiger partial charge in [0.05, 0.1) is 16.9 Å². The maximum absolute atomic E-state index is 13.3. The van der Waals surface area contributed by atoms with Gasteiger partial charge in [-0.25, -0.2) is 12.8 Å². The van der Waals surface area contributed by atoms with E-state index in [1.165, 1.54) is 10.4 Å². The minimum absolute atomic E-state index is 0.285. The fourth-order valence-corrected chi connectivity index (χ4v) is 4.06. The van der Waals surface area contributed by atoms with Crippen molar-refractivity contribution in [1.82, 2.24) is 0 Å². The van der Waals surface area contributed by atoms with E-state index in [-0.39, 0.29) is 11.3 Å². The Balaban J connectivity index is 1.80. The Morgan fingerprint density at radius 3 is 2.71 bits per heavy atom. The summed E-state index contributed by atoms with van der Waals surface area (Å²) in [6.07, 6.45) is 2.38. The van der Waals surface area contributed by atoms with Gasteiger partial charge in [-0.05, 0) is 42.7 Å². The second-order valence-corrected chi connectivity index (χ2v) is 8.27. The highest BCUT2D eigenvalue weighted by Gasteiger charge is 2.25. The second-order valence-electron chi connectivity index (χ2n) is 6.36. The van der Waals surface area contributed by atoms with Gasteiger partial charge in [-0.1, -0.05) is 0 Å². The summed E-state index contributed by atoms with van der Waals surface area (Å²) in [5.74, 6) is -1.51. The predicted octanol–water partition coefficient (Wildman–Crippen LogP) is 2.71. The first-order valence-electron chi connectivity index (χ1n) is 8.37. The number of Topliss-reactive ketones (excluding diaryl/α,β-unsaturated/α-hetero) is 1. The number of halogens is 1. The van der Waals surface area contributed by atoms with E-state index in [1.54, 1.807) is 12.1 Å². The largest absolute Gasteiger partial charge is 0.478 e. The van der Waals surface area contributed by atoms with E-state index in [4.69, 9.17) is 4.74 Å². The molecule has 2 aromatic carbocycles. The van der Waals surface area contributed by atoms with E-state index in [1.807, 2.05) is 0 Å². The number of ether oxygens (including phenoxy) is 1. The molecule has 0 aliphatic carbocycles. The van der Waals surface area contributed by atoms with Crippen LogP contribution in [0, 0.1) is 15.9 Å². The zero-order valence-electron chi connectivity index (χ0n) is 14.9. The number of rotatable bonds is 6. The summed E-state index contributed by atoms with van der Waals surface area (Å²) in [5, 5.41) is 11.0. The SMILES string of the molecule is CS(=O)(=O)N1CCCc2cc(C(=O)COc3cc(F)ccc3[N+](=O)[O-])ccc21. The molecule has 1 aliphatic rings. The van der Waals surface area contributed by atoms with Crippen molar-refractivity contribution in [3.05, 3.63) is 63.5 Å². The molecule has 1 heterocycles. The number of sulfonamides is 1. The summed E-state index contributed by atoms with van der Waals surface area (Å²) in [7, 11) is -3.41. The molecule has 0 saturated heterocycles. The fraction of sp³-hybridized carbons (Fsp3) is 0.278. The van der Waals surface area contributed by atoms with Crippen LogP contribution in [0.5, 0.6) is 5.75 Å². The Bertz CT molecular complexity index is 1050. The molecule has 0 spiro atoms. The first-order chi connectivity index (χ1) is 13.2. The lowest BCUT2D eigenvalue weighted by atomic mass is 9.99. The Morgan fingerprint density at radius 1 is 1.29 bits per heavy atom. The lowest BCUT2D eigenvalue weighted by Gasteiger charge is -2.29. The predicted molar refractivity (Wildman–Crippen MR) is 99.8 cm³/mol. The van der Waals surface area contributed by atoms with Crippen LogP contribution in [0.3, 0.4) is 0 Å². The molecular weight excluding hydrogens is 391 g/mol. The van der Waals surface area contributed by atoms with E-state index >= 15 is 0 Å². The van der Waals surface area contributed by atoms with Gasteiger partial charge in [-0.2, -0.15) is 0 Å². The molecule has 1 aliphatic heterocycles.